The summed E-state index contributed by atoms with van der Waals surface area (Å²) in [5.74, 6) is 0. The van der Waals surface area contributed by atoms with Crippen molar-refractivity contribution in [3.8, 4) is 0 Å². The van der Waals surface area contributed by atoms with Crippen LogP contribution in [-0.4, -0.2) is 18.7 Å². The summed E-state index contributed by atoms with van der Waals surface area (Å²) in [7, 11) is 0. The van der Waals surface area contributed by atoms with E-state index < -0.39 is 0 Å². The molecule has 0 saturated heterocycles. The average Bonchev–Trinajstić information content (AvgIpc) is 2.71. The molecule has 1 aliphatic carbocycles. The molecule has 0 amide bonds. The summed E-state index contributed by atoms with van der Waals surface area (Å²) in [5.41, 5.74) is 1.18. The fourth-order valence-electron chi connectivity index (χ4n) is 2.90. The van der Waals surface area contributed by atoms with Crippen LogP contribution in [0.1, 0.15) is 64.0 Å². The van der Waals surface area contributed by atoms with Crippen LogP contribution < -0.4 is 5.32 Å². The van der Waals surface area contributed by atoms with Gasteiger partial charge in [-0.1, -0.05) is 63.3 Å². The number of hydrogen-bond acceptors (Lipinski definition) is 2. The molecule has 1 aliphatic rings. The van der Waals surface area contributed by atoms with Gasteiger partial charge in [0.2, 0.25) is 0 Å². The number of ether oxygens (including phenoxy) is 1. The van der Waals surface area contributed by atoms with Crippen LogP contribution >= 0.6 is 11.6 Å². The standard InChI is InChI=1S/C18H28ClNO/c1-14(2)20-13-18(15-8-7-9-16(19)12-15)21-17-10-5-3-4-6-11-17/h7-9,12,14,17-18,20H,3-6,10-11,13H2,1-2H3. The molecular formula is C18H28ClNO. The zero-order valence-corrected chi connectivity index (χ0v) is 14.0. The van der Waals surface area contributed by atoms with Crippen LogP contribution in [0.3, 0.4) is 0 Å². The first kappa shape index (κ1) is 16.8. The summed E-state index contributed by atoms with van der Waals surface area (Å²) in [5, 5.41) is 4.28. The van der Waals surface area contributed by atoms with Gasteiger partial charge in [-0.2, -0.15) is 0 Å². The molecule has 1 aromatic carbocycles. The Hall–Kier alpha value is -0.570. The van der Waals surface area contributed by atoms with Crippen LogP contribution in [0.2, 0.25) is 5.02 Å². The normalized spacial score (nSPS) is 18.7. The van der Waals surface area contributed by atoms with Crippen molar-refractivity contribution in [3.63, 3.8) is 0 Å². The lowest BCUT2D eigenvalue weighted by Crippen LogP contribution is -2.31. The maximum Gasteiger partial charge on any atom is 0.0953 e. The molecule has 1 N–H and O–H groups in total. The maximum absolute atomic E-state index is 6.44. The van der Waals surface area contributed by atoms with Gasteiger partial charge in [0.15, 0.2) is 0 Å². The molecule has 3 heteroatoms. The quantitative estimate of drug-likeness (QED) is 0.736. The molecule has 1 saturated carbocycles. The molecule has 0 spiro atoms. The highest BCUT2D eigenvalue weighted by Gasteiger charge is 2.20. The Kier molecular flexibility index (Phi) is 7.01. The SMILES string of the molecule is CC(C)NCC(OC1CCCCCC1)c1cccc(Cl)c1. The third-order valence-corrected chi connectivity index (χ3v) is 4.33. The Bertz CT molecular complexity index is 413. The number of benzene rings is 1. The molecule has 1 aromatic rings. The second kappa shape index (κ2) is 8.77. The van der Waals surface area contributed by atoms with Crippen LogP contribution in [0.15, 0.2) is 24.3 Å². The molecule has 0 bridgehead atoms. The minimum absolute atomic E-state index is 0.0919. The van der Waals surface area contributed by atoms with Crippen molar-refractivity contribution in [1.82, 2.24) is 5.32 Å². The average molecular weight is 310 g/mol. The highest BCUT2D eigenvalue weighted by molar-refractivity contribution is 6.30. The van der Waals surface area contributed by atoms with Crippen molar-refractivity contribution in [2.75, 3.05) is 6.54 Å². The molecule has 0 heterocycles. The van der Waals surface area contributed by atoms with E-state index in [2.05, 4.69) is 25.2 Å². The van der Waals surface area contributed by atoms with Gasteiger partial charge in [-0.3, -0.25) is 0 Å². The van der Waals surface area contributed by atoms with Gasteiger partial charge in [0.1, 0.15) is 0 Å². The second-order valence-corrected chi connectivity index (χ2v) is 6.79. The van der Waals surface area contributed by atoms with Gasteiger partial charge in [-0.15, -0.1) is 0 Å². The Balaban J connectivity index is 2.03. The largest absolute Gasteiger partial charge is 0.369 e. The molecular weight excluding hydrogens is 282 g/mol. The first-order chi connectivity index (χ1) is 10.1. The van der Waals surface area contributed by atoms with E-state index in [1.165, 1.54) is 44.1 Å². The summed E-state index contributed by atoms with van der Waals surface area (Å²) in [4.78, 5) is 0. The van der Waals surface area contributed by atoms with E-state index in [-0.39, 0.29) is 6.10 Å². The predicted octanol–water partition coefficient (Wildman–Crippen LogP) is 5.12. The van der Waals surface area contributed by atoms with Gasteiger partial charge < -0.3 is 10.1 Å². The van der Waals surface area contributed by atoms with Crippen LogP contribution in [0.5, 0.6) is 0 Å². The minimum atomic E-state index is 0.0919. The molecule has 2 nitrogen and oxygen atoms in total. The van der Waals surface area contributed by atoms with Crippen molar-refractivity contribution < 1.29 is 4.74 Å². The molecule has 21 heavy (non-hydrogen) atoms. The van der Waals surface area contributed by atoms with Crippen molar-refractivity contribution in [2.24, 2.45) is 0 Å². The molecule has 1 unspecified atom stereocenters. The van der Waals surface area contributed by atoms with E-state index in [0.717, 1.165) is 11.6 Å². The molecule has 1 fully saturated rings. The van der Waals surface area contributed by atoms with Gasteiger partial charge in [0, 0.05) is 17.6 Å². The van der Waals surface area contributed by atoms with Gasteiger partial charge in [-0.25, -0.2) is 0 Å². The van der Waals surface area contributed by atoms with E-state index in [4.69, 9.17) is 16.3 Å². The third kappa shape index (κ3) is 5.98. The summed E-state index contributed by atoms with van der Waals surface area (Å²) >= 11 is 6.14. The first-order valence-corrected chi connectivity index (χ1v) is 8.67. The second-order valence-electron chi connectivity index (χ2n) is 6.36. The first-order valence-electron chi connectivity index (χ1n) is 8.29. The monoisotopic (exact) mass is 309 g/mol. The van der Waals surface area contributed by atoms with Gasteiger partial charge in [0.05, 0.1) is 12.2 Å². The number of hydrogen-bond donors (Lipinski definition) is 1. The fraction of sp³-hybridized carbons (Fsp3) is 0.667. The summed E-state index contributed by atoms with van der Waals surface area (Å²) in [6, 6.07) is 8.55. The van der Waals surface area contributed by atoms with E-state index in [9.17, 15) is 0 Å². The molecule has 1 atom stereocenters. The van der Waals surface area contributed by atoms with Crippen LogP contribution in [0, 0.1) is 0 Å². The molecule has 118 valence electrons. The Morgan fingerprint density at radius 2 is 1.90 bits per heavy atom. The van der Waals surface area contributed by atoms with Crippen LogP contribution in [0.4, 0.5) is 0 Å². The van der Waals surface area contributed by atoms with E-state index in [0.29, 0.717) is 12.1 Å². The number of halogens is 1. The highest BCUT2D eigenvalue weighted by Crippen LogP contribution is 2.27. The summed E-state index contributed by atoms with van der Waals surface area (Å²) in [6.07, 6.45) is 8.17. The van der Waals surface area contributed by atoms with Crippen molar-refractivity contribution in [3.05, 3.63) is 34.9 Å². The van der Waals surface area contributed by atoms with Gasteiger partial charge >= 0.3 is 0 Å². The smallest absolute Gasteiger partial charge is 0.0953 e. The predicted molar refractivity (Wildman–Crippen MR) is 89.9 cm³/mol. The highest BCUT2D eigenvalue weighted by atomic mass is 35.5. The maximum atomic E-state index is 6.44. The Morgan fingerprint density at radius 3 is 2.52 bits per heavy atom. The molecule has 2 rings (SSSR count). The van der Waals surface area contributed by atoms with Crippen LogP contribution in [0.25, 0.3) is 0 Å². The summed E-state index contributed by atoms with van der Waals surface area (Å²) < 4.78 is 6.44. The number of nitrogens with one attached hydrogen (secondary N) is 1. The fourth-order valence-corrected chi connectivity index (χ4v) is 3.10. The topological polar surface area (TPSA) is 21.3 Å². The zero-order chi connectivity index (χ0) is 15.1. The lowest BCUT2D eigenvalue weighted by Gasteiger charge is -2.26. The van der Waals surface area contributed by atoms with Gasteiger partial charge in [0.25, 0.3) is 0 Å². The Labute approximate surface area is 134 Å². The molecule has 0 radical (unpaired) electrons. The van der Waals surface area contributed by atoms with Crippen LogP contribution in [-0.2, 0) is 4.74 Å². The van der Waals surface area contributed by atoms with E-state index in [1.807, 2.05) is 18.2 Å². The van der Waals surface area contributed by atoms with E-state index in [1.54, 1.807) is 0 Å². The molecule has 0 aliphatic heterocycles. The summed E-state index contributed by atoms with van der Waals surface area (Å²) in [6.45, 7) is 5.18. The lowest BCUT2D eigenvalue weighted by atomic mass is 10.1. The van der Waals surface area contributed by atoms with E-state index >= 15 is 0 Å². The number of rotatable bonds is 6. The minimum Gasteiger partial charge on any atom is -0.369 e. The zero-order valence-electron chi connectivity index (χ0n) is 13.3. The van der Waals surface area contributed by atoms with Gasteiger partial charge in [-0.05, 0) is 30.5 Å². The molecule has 0 aromatic heterocycles. The van der Waals surface area contributed by atoms with Crippen molar-refractivity contribution in [2.45, 2.75) is 70.6 Å². The van der Waals surface area contributed by atoms with Crippen molar-refractivity contribution >= 4 is 11.6 Å². The Morgan fingerprint density at radius 1 is 1.19 bits per heavy atom. The van der Waals surface area contributed by atoms with Crippen molar-refractivity contribution in [1.29, 1.82) is 0 Å². The third-order valence-electron chi connectivity index (χ3n) is 4.09. The lowest BCUT2D eigenvalue weighted by molar-refractivity contribution is -0.0208.